The van der Waals surface area contributed by atoms with Crippen LogP contribution in [0.1, 0.15) is 17.2 Å². The molecule has 1 heterocycles. The molecule has 4 nitrogen and oxygen atoms in total. The lowest BCUT2D eigenvalue weighted by molar-refractivity contribution is 0.319. The van der Waals surface area contributed by atoms with Gasteiger partial charge in [0.25, 0.3) is 0 Å². The molecule has 1 atom stereocenters. The highest BCUT2D eigenvalue weighted by molar-refractivity contribution is 7.74. The molecule has 4 aromatic carbocycles. The summed E-state index contributed by atoms with van der Waals surface area (Å²) in [6.45, 7) is 0.461. The fraction of sp³-hybridized carbons (Fsp3) is 0.0741. The van der Waals surface area contributed by atoms with E-state index in [0.29, 0.717) is 34.4 Å². The molecule has 0 aromatic heterocycles. The van der Waals surface area contributed by atoms with Gasteiger partial charge in [0.05, 0.1) is 16.2 Å². The van der Waals surface area contributed by atoms with E-state index in [2.05, 4.69) is 0 Å². The van der Waals surface area contributed by atoms with Gasteiger partial charge in [0.1, 0.15) is 18.4 Å². The predicted molar refractivity (Wildman–Crippen MR) is 129 cm³/mol. The monoisotopic (exact) mass is 439 g/mol. The summed E-state index contributed by atoms with van der Waals surface area (Å²) in [5.41, 5.74) is 1.79. The number of nitrogens with zero attached hydrogens (tertiary/aromatic N) is 1. The molecule has 0 amide bonds. The van der Waals surface area contributed by atoms with E-state index in [1.54, 1.807) is 0 Å². The Bertz CT molecular complexity index is 1230. The predicted octanol–water partition coefficient (Wildman–Crippen LogP) is 5.51. The van der Waals surface area contributed by atoms with E-state index < -0.39 is 7.37 Å². The molecule has 32 heavy (non-hydrogen) atoms. The number of hydrogen-bond acceptors (Lipinski definition) is 4. The molecule has 4 aromatic rings. The fourth-order valence-electron chi connectivity index (χ4n) is 3.73. The SMILES string of the molecule is O=P(Oc1ccccc1C1=N[C@@H](c2ccccc2)CO1)(c1ccccc1)c1ccccc1. The van der Waals surface area contributed by atoms with Crippen LogP contribution >= 0.6 is 7.37 Å². The van der Waals surface area contributed by atoms with Crippen LogP contribution in [-0.4, -0.2) is 12.5 Å². The second-order valence-electron chi connectivity index (χ2n) is 7.48. The van der Waals surface area contributed by atoms with Crippen LogP contribution < -0.4 is 15.1 Å². The van der Waals surface area contributed by atoms with Gasteiger partial charge in [-0.2, -0.15) is 0 Å². The minimum absolute atomic E-state index is 0.0747. The van der Waals surface area contributed by atoms with E-state index in [9.17, 15) is 4.57 Å². The average molecular weight is 439 g/mol. The van der Waals surface area contributed by atoms with Gasteiger partial charge in [-0.1, -0.05) is 78.9 Å². The number of benzene rings is 4. The largest absolute Gasteiger partial charge is 0.475 e. The standard InChI is InChI=1S/C27H22NO3P/c29-32(22-14-6-2-7-15-22,23-16-8-3-9-17-23)31-26-19-11-10-18-24(26)27-28-25(20-30-27)21-12-4-1-5-13-21/h1-19,25H,20H2/t25-/m1/s1. The van der Waals surface area contributed by atoms with Crippen molar-refractivity contribution >= 4 is 23.9 Å². The molecule has 158 valence electrons. The lowest BCUT2D eigenvalue weighted by Crippen LogP contribution is -2.20. The maximum Gasteiger partial charge on any atom is 0.306 e. The summed E-state index contributed by atoms with van der Waals surface area (Å²) in [7, 11) is -3.40. The smallest absolute Gasteiger partial charge is 0.306 e. The zero-order valence-electron chi connectivity index (χ0n) is 17.4. The molecular weight excluding hydrogens is 417 g/mol. The van der Waals surface area contributed by atoms with Gasteiger partial charge in [-0.15, -0.1) is 0 Å². The molecule has 1 aliphatic rings. The van der Waals surface area contributed by atoms with Crippen LogP contribution in [0.3, 0.4) is 0 Å². The Hall–Kier alpha value is -3.62. The first kappa shape index (κ1) is 20.3. The highest BCUT2D eigenvalue weighted by atomic mass is 31.2. The van der Waals surface area contributed by atoms with E-state index in [0.717, 1.165) is 5.56 Å². The highest BCUT2D eigenvalue weighted by Gasteiger charge is 2.32. The van der Waals surface area contributed by atoms with Crippen molar-refractivity contribution in [2.24, 2.45) is 4.99 Å². The number of ether oxygens (including phenoxy) is 1. The van der Waals surface area contributed by atoms with Gasteiger partial charge in [0, 0.05) is 0 Å². The Morgan fingerprint density at radius 2 is 1.25 bits per heavy atom. The van der Waals surface area contributed by atoms with Gasteiger partial charge >= 0.3 is 7.37 Å². The number of aliphatic imine (C=N–C) groups is 1. The number of hydrogen-bond donors (Lipinski definition) is 0. The average Bonchev–Trinajstić information content (AvgIpc) is 3.36. The third-order valence-corrected chi connectivity index (χ3v) is 7.78. The summed E-state index contributed by atoms with van der Waals surface area (Å²) in [5, 5.41) is 1.27. The molecule has 0 fully saturated rings. The normalized spacial score (nSPS) is 15.6. The van der Waals surface area contributed by atoms with Crippen molar-refractivity contribution in [1.82, 2.24) is 0 Å². The summed E-state index contributed by atoms with van der Waals surface area (Å²) in [6, 6.07) is 36.1. The first-order chi connectivity index (χ1) is 15.7. The zero-order chi connectivity index (χ0) is 21.8. The third-order valence-electron chi connectivity index (χ3n) is 5.37. The number of para-hydroxylation sites is 1. The van der Waals surface area contributed by atoms with Gasteiger partial charge in [0.15, 0.2) is 0 Å². The van der Waals surface area contributed by atoms with Gasteiger partial charge < -0.3 is 9.26 Å². The van der Waals surface area contributed by atoms with Crippen molar-refractivity contribution in [3.63, 3.8) is 0 Å². The van der Waals surface area contributed by atoms with Crippen LogP contribution in [0.5, 0.6) is 5.75 Å². The Labute approximate surface area is 187 Å². The van der Waals surface area contributed by atoms with Crippen LogP contribution in [0.25, 0.3) is 0 Å². The van der Waals surface area contributed by atoms with Gasteiger partial charge in [0.2, 0.25) is 5.90 Å². The van der Waals surface area contributed by atoms with Crippen molar-refractivity contribution in [2.75, 3.05) is 6.61 Å². The number of rotatable bonds is 6. The summed E-state index contributed by atoms with van der Waals surface area (Å²) >= 11 is 0. The third kappa shape index (κ3) is 3.98. The van der Waals surface area contributed by atoms with E-state index in [4.69, 9.17) is 14.3 Å². The van der Waals surface area contributed by atoms with Gasteiger partial charge in [-0.25, -0.2) is 4.99 Å². The highest BCUT2D eigenvalue weighted by Crippen LogP contribution is 2.46. The molecule has 0 aliphatic carbocycles. The zero-order valence-corrected chi connectivity index (χ0v) is 18.3. The summed E-state index contributed by atoms with van der Waals surface area (Å²) in [5.74, 6) is 0.984. The van der Waals surface area contributed by atoms with Crippen molar-refractivity contribution in [1.29, 1.82) is 0 Å². The molecule has 0 spiro atoms. The molecular formula is C27H22NO3P. The van der Waals surface area contributed by atoms with Crippen molar-refractivity contribution in [3.8, 4) is 5.75 Å². The van der Waals surface area contributed by atoms with E-state index >= 15 is 0 Å². The minimum atomic E-state index is -3.40. The second kappa shape index (κ2) is 8.86. The lowest BCUT2D eigenvalue weighted by Gasteiger charge is -2.22. The van der Waals surface area contributed by atoms with Crippen LogP contribution in [0.2, 0.25) is 0 Å². The van der Waals surface area contributed by atoms with E-state index in [-0.39, 0.29) is 6.04 Å². The van der Waals surface area contributed by atoms with Crippen LogP contribution in [0.15, 0.2) is 120 Å². The Balaban J connectivity index is 1.54. The first-order valence-corrected chi connectivity index (χ1v) is 12.1. The van der Waals surface area contributed by atoms with Crippen LogP contribution in [0.4, 0.5) is 0 Å². The maximum atomic E-state index is 14.3. The molecule has 0 N–H and O–H groups in total. The van der Waals surface area contributed by atoms with Crippen molar-refractivity contribution < 1.29 is 13.8 Å². The second-order valence-corrected chi connectivity index (χ2v) is 9.80. The lowest BCUT2D eigenvalue weighted by atomic mass is 10.1. The molecule has 0 saturated heterocycles. The summed E-state index contributed by atoms with van der Waals surface area (Å²) in [6.07, 6.45) is 0. The molecule has 5 rings (SSSR count). The van der Waals surface area contributed by atoms with Crippen molar-refractivity contribution in [3.05, 3.63) is 126 Å². The van der Waals surface area contributed by atoms with Gasteiger partial charge in [-0.05, 0) is 42.0 Å². The summed E-state index contributed by atoms with van der Waals surface area (Å²) < 4.78 is 26.6. The molecule has 0 unspecified atom stereocenters. The van der Waals surface area contributed by atoms with E-state index in [1.807, 2.05) is 115 Å². The van der Waals surface area contributed by atoms with Crippen LogP contribution in [0, 0.1) is 0 Å². The molecule has 0 saturated carbocycles. The van der Waals surface area contributed by atoms with Crippen molar-refractivity contribution in [2.45, 2.75) is 6.04 Å². The Morgan fingerprint density at radius 3 is 1.88 bits per heavy atom. The van der Waals surface area contributed by atoms with Gasteiger partial charge in [-0.3, -0.25) is 4.57 Å². The fourth-order valence-corrected chi connectivity index (χ4v) is 5.81. The maximum absolute atomic E-state index is 14.3. The minimum Gasteiger partial charge on any atom is -0.475 e. The molecule has 0 radical (unpaired) electrons. The van der Waals surface area contributed by atoms with E-state index in [1.165, 1.54) is 0 Å². The molecule has 1 aliphatic heterocycles. The Kier molecular flexibility index (Phi) is 5.62. The molecule has 5 heteroatoms. The quantitative estimate of drug-likeness (QED) is 0.372. The van der Waals surface area contributed by atoms with Crippen LogP contribution in [-0.2, 0) is 9.30 Å². The summed E-state index contributed by atoms with van der Waals surface area (Å²) in [4.78, 5) is 4.79. The topological polar surface area (TPSA) is 47.9 Å². The first-order valence-electron chi connectivity index (χ1n) is 10.5. The Morgan fingerprint density at radius 1 is 0.719 bits per heavy atom. The molecule has 0 bridgehead atoms.